The maximum atomic E-state index is 11.8. The number of hydrogen-bond acceptors (Lipinski definition) is 3. The Hall–Kier alpha value is -2.29. The summed E-state index contributed by atoms with van der Waals surface area (Å²) in [4.78, 5) is 11.8. The van der Waals surface area contributed by atoms with Crippen LogP contribution in [-0.2, 0) is 6.54 Å². The van der Waals surface area contributed by atoms with Crippen LogP contribution in [0.5, 0.6) is 0 Å². The van der Waals surface area contributed by atoms with Crippen LogP contribution < -0.4 is 5.32 Å². The lowest BCUT2D eigenvalue weighted by Gasteiger charge is -1.98. The fraction of sp³-hybridized carbons (Fsp3) is 0.133. The van der Waals surface area contributed by atoms with Crippen LogP contribution in [0.2, 0.25) is 0 Å². The van der Waals surface area contributed by atoms with E-state index in [0.29, 0.717) is 12.1 Å². The van der Waals surface area contributed by atoms with E-state index >= 15 is 0 Å². The Morgan fingerprint density at radius 2 is 2.06 bits per heavy atom. The third-order valence-corrected chi connectivity index (χ3v) is 2.55. The highest BCUT2D eigenvalue weighted by atomic mass is 16.3. The van der Waals surface area contributed by atoms with Crippen molar-refractivity contribution in [3.05, 3.63) is 71.8 Å². The second-order valence-electron chi connectivity index (χ2n) is 4.02. The van der Waals surface area contributed by atoms with Gasteiger partial charge in [0.2, 0.25) is 0 Å². The molecule has 0 bridgehead atoms. The highest BCUT2D eigenvalue weighted by Gasteiger charge is 2.00. The summed E-state index contributed by atoms with van der Waals surface area (Å²) in [6.07, 6.45) is 4.79. The van der Waals surface area contributed by atoms with E-state index in [4.69, 9.17) is 4.42 Å². The van der Waals surface area contributed by atoms with Gasteiger partial charge in [0, 0.05) is 17.8 Å². The Kier molecular flexibility index (Phi) is 3.97. The number of ketones is 1. The highest BCUT2D eigenvalue weighted by Crippen LogP contribution is 2.04. The molecule has 1 heterocycles. The van der Waals surface area contributed by atoms with Crippen LogP contribution in [0.25, 0.3) is 0 Å². The van der Waals surface area contributed by atoms with Gasteiger partial charge in [-0.15, -0.1) is 0 Å². The molecule has 1 aromatic heterocycles. The minimum absolute atomic E-state index is 0.0121. The second kappa shape index (κ2) is 5.87. The van der Waals surface area contributed by atoms with E-state index in [1.807, 2.05) is 43.3 Å². The standard InChI is InChI=1S/C15H15NO2/c1-12-4-6-13(7-5-12)15(17)8-9-16-11-14-3-2-10-18-14/h2-10,16H,11H2,1H3/b9-8+. The monoisotopic (exact) mass is 241 g/mol. The fourth-order valence-electron chi connectivity index (χ4n) is 1.52. The lowest BCUT2D eigenvalue weighted by molar-refractivity contribution is 0.104. The molecule has 2 rings (SSSR count). The molecular weight excluding hydrogens is 226 g/mol. The number of carbonyl (C=O) groups is 1. The normalized spacial score (nSPS) is 10.7. The Balaban J connectivity index is 1.85. The SMILES string of the molecule is Cc1ccc(C(=O)/C=C/NCc2ccco2)cc1. The molecule has 18 heavy (non-hydrogen) atoms. The van der Waals surface area contributed by atoms with Gasteiger partial charge in [-0.3, -0.25) is 4.79 Å². The smallest absolute Gasteiger partial charge is 0.187 e. The van der Waals surface area contributed by atoms with Gasteiger partial charge in [0.15, 0.2) is 5.78 Å². The summed E-state index contributed by atoms with van der Waals surface area (Å²) in [6.45, 7) is 2.57. The van der Waals surface area contributed by atoms with Gasteiger partial charge in [0.25, 0.3) is 0 Å². The van der Waals surface area contributed by atoms with Crippen molar-refractivity contribution >= 4 is 5.78 Å². The second-order valence-corrected chi connectivity index (χ2v) is 4.02. The minimum atomic E-state index is -0.0121. The van der Waals surface area contributed by atoms with Gasteiger partial charge < -0.3 is 9.73 Å². The maximum Gasteiger partial charge on any atom is 0.187 e. The molecule has 0 saturated heterocycles. The molecule has 0 saturated carbocycles. The number of benzene rings is 1. The molecule has 0 aliphatic heterocycles. The molecule has 0 spiro atoms. The van der Waals surface area contributed by atoms with Gasteiger partial charge in [-0.2, -0.15) is 0 Å². The molecule has 0 radical (unpaired) electrons. The van der Waals surface area contributed by atoms with Gasteiger partial charge in [-0.1, -0.05) is 29.8 Å². The first-order chi connectivity index (χ1) is 8.75. The van der Waals surface area contributed by atoms with Crippen molar-refractivity contribution in [3.8, 4) is 0 Å². The van der Waals surface area contributed by atoms with Crippen LogP contribution in [0.3, 0.4) is 0 Å². The molecule has 0 amide bonds. The van der Waals surface area contributed by atoms with Crippen molar-refractivity contribution in [3.63, 3.8) is 0 Å². The summed E-state index contributed by atoms with van der Waals surface area (Å²) >= 11 is 0. The van der Waals surface area contributed by atoms with Crippen LogP contribution >= 0.6 is 0 Å². The predicted octanol–water partition coefficient (Wildman–Crippen LogP) is 3.07. The quantitative estimate of drug-likeness (QED) is 0.646. The van der Waals surface area contributed by atoms with E-state index in [-0.39, 0.29) is 5.78 Å². The van der Waals surface area contributed by atoms with Crippen LogP contribution in [0.1, 0.15) is 21.7 Å². The van der Waals surface area contributed by atoms with Crippen LogP contribution in [0.4, 0.5) is 0 Å². The van der Waals surface area contributed by atoms with Crippen molar-refractivity contribution in [2.24, 2.45) is 0 Å². The van der Waals surface area contributed by atoms with Crippen molar-refractivity contribution in [2.45, 2.75) is 13.5 Å². The molecular formula is C15H15NO2. The van der Waals surface area contributed by atoms with Gasteiger partial charge in [-0.05, 0) is 19.1 Å². The van der Waals surface area contributed by atoms with E-state index in [9.17, 15) is 4.79 Å². The zero-order valence-electron chi connectivity index (χ0n) is 10.2. The van der Waals surface area contributed by atoms with Gasteiger partial charge in [0.05, 0.1) is 12.8 Å². The summed E-state index contributed by atoms with van der Waals surface area (Å²) in [5.41, 5.74) is 1.84. The zero-order chi connectivity index (χ0) is 12.8. The first-order valence-electron chi connectivity index (χ1n) is 5.79. The number of carbonyl (C=O) groups excluding carboxylic acids is 1. The molecule has 2 aromatic rings. The van der Waals surface area contributed by atoms with E-state index in [2.05, 4.69) is 5.32 Å². The third-order valence-electron chi connectivity index (χ3n) is 2.55. The van der Waals surface area contributed by atoms with Crippen LogP contribution in [-0.4, -0.2) is 5.78 Å². The Morgan fingerprint density at radius 1 is 1.28 bits per heavy atom. The lowest BCUT2D eigenvalue weighted by atomic mass is 10.1. The zero-order valence-corrected chi connectivity index (χ0v) is 10.2. The molecule has 0 aliphatic rings. The van der Waals surface area contributed by atoms with Crippen LogP contribution in [0.15, 0.2) is 59.4 Å². The van der Waals surface area contributed by atoms with Crippen molar-refractivity contribution in [1.82, 2.24) is 5.32 Å². The average molecular weight is 241 g/mol. The first-order valence-corrected chi connectivity index (χ1v) is 5.79. The van der Waals surface area contributed by atoms with E-state index in [0.717, 1.165) is 11.3 Å². The topological polar surface area (TPSA) is 42.2 Å². The molecule has 3 heteroatoms. The fourth-order valence-corrected chi connectivity index (χ4v) is 1.52. The summed E-state index contributed by atoms with van der Waals surface area (Å²) in [6, 6.07) is 11.2. The number of hydrogen-bond donors (Lipinski definition) is 1. The van der Waals surface area contributed by atoms with Gasteiger partial charge in [-0.25, -0.2) is 0 Å². The first kappa shape index (κ1) is 12.2. The summed E-state index contributed by atoms with van der Waals surface area (Å²) in [7, 11) is 0. The molecule has 92 valence electrons. The lowest BCUT2D eigenvalue weighted by Crippen LogP contribution is -2.05. The van der Waals surface area contributed by atoms with Crippen molar-refractivity contribution in [1.29, 1.82) is 0 Å². The number of rotatable bonds is 5. The summed E-state index contributed by atoms with van der Waals surface area (Å²) in [5, 5.41) is 3.00. The minimum Gasteiger partial charge on any atom is -0.467 e. The Labute approximate surface area is 106 Å². The maximum absolute atomic E-state index is 11.8. The van der Waals surface area contributed by atoms with E-state index in [1.165, 1.54) is 6.08 Å². The summed E-state index contributed by atoms with van der Waals surface area (Å²) in [5.74, 6) is 0.823. The molecule has 3 nitrogen and oxygen atoms in total. The summed E-state index contributed by atoms with van der Waals surface area (Å²) < 4.78 is 5.16. The van der Waals surface area contributed by atoms with E-state index < -0.39 is 0 Å². The average Bonchev–Trinajstić information content (AvgIpc) is 2.88. The number of nitrogens with one attached hydrogen (secondary N) is 1. The van der Waals surface area contributed by atoms with Crippen molar-refractivity contribution in [2.75, 3.05) is 0 Å². The Morgan fingerprint density at radius 3 is 2.72 bits per heavy atom. The molecule has 1 aromatic carbocycles. The molecule has 1 N–H and O–H groups in total. The number of aryl methyl sites for hydroxylation is 1. The number of allylic oxidation sites excluding steroid dienone is 1. The largest absolute Gasteiger partial charge is 0.467 e. The third kappa shape index (κ3) is 3.35. The van der Waals surface area contributed by atoms with Gasteiger partial charge in [0.1, 0.15) is 5.76 Å². The van der Waals surface area contributed by atoms with Gasteiger partial charge >= 0.3 is 0 Å². The number of furan rings is 1. The molecule has 0 aliphatic carbocycles. The van der Waals surface area contributed by atoms with Crippen LogP contribution in [0, 0.1) is 6.92 Å². The molecule has 0 fully saturated rings. The molecule has 0 atom stereocenters. The molecule has 0 unspecified atom stereocenters. The van der Waals surface area contributed by atoms with E-state index in [1.54, 1.807) is 12.5 Å². The Bertz CT molecular complexity index is 524. The van der Waals surface area contributed by atoms with Crippen molar-refractivity contribution < 1.29 is 9.21 Å². The predicted molar refractivity (Wildman–Crippen MR) is 70.2 cm³/mol. The highest BCUT2D eigenvalue weighted by molar-refractivity contribution is 6.04.